The summed E-state index contributed by atoms with van der Waals surface area (Å²) < 4.78 is 0. The lowest BCUT2D eigenvalue weighted by Gasteiger charge is -1.86. The van der Waals surface area contributed by atoms with Crippen LogP contribution in [0.4, 0.5) is 0 Å². The third-order valence-electron chi connectivity index (χ3n) is 1.84. The molecule has 2 heterocycles. The van der Waals surface area contributed by atoms with Crippen molar-refractivity contribution in [1.29, 1.82) is 5.26 Å². The highest BCUT2D eigenvalue weighted by atomic mass is 14.8. The zero-order valence-electron chi connectivity index (χ0n) is 7.41. The van der Waals surface area contributed by atoms with E-state index in [2.05, 4.69) is 21.8 Å². The van der Waals surface area contributed by atoms with Crippen LogP contribution < -0.4 is 0 Å². The molecule has 0 fully saturated rings. The van der Waals surface area contributed by atoms with Gasteiger partial charge in [0.25, 0.3) is 0 Å². The summed E-state index contributed by atoms with van der Waals surface area (Å²) in [5.74, 6) is 5.70. The molecule has 14 heavy (non-hydrogen) atoms. The minimum absolute atomic E-state index is 0.257. The highest BCUT2D eigenvalue weighted by molar-refractivity contribution is 5.82. The van der Waals surface area contributed by atoms with Crippen molar-refractivity contribution in [3.05, 3.63) is 30.1 Å². The molecule has 2 aromatic heterocycles. The molecule has 0 saturated carbocycles. The lowest BCUT2D eigenvalue weighted by Crippen LogP contribution is -1.73. The van der Waals surface area contributed by atoms with Crippen molar-refractivity contribution in [2.24, 2.45) is 0 Å². The second-order valence-corrected chi connectivity index (χ2v) is 2.74. The number of fused-ring (bicyclic) bond motifs is 1. The molecule has 2 aromatic rings. The van der Waals surface area contributed by atoms with Gasteiger partial charge in [0.1, 0.15) is 5.65 Å². The minimum atomic E-state index is 0.257. The van der Waals surface area contributed by atoms with Crippen LogP contribution in [0, 0.1) is 23.2 Å². The summed E-state index contributed by atoms with van der Waals surface area (Å²) in [6, 6.07) is 5.80. The first-order chi connectivity index (χ1) is 6.92. The van der Waals surface area contributed by atoms with E-state index in [1.165, 1.54) is 0 Å². The van der Waals surface area contributed by atoms with Gasteiger partial charge in [-0.2, -0.15) is 5.26 Å². The van der Waals surface area contributed by atoms with E-state index in [1.54, 1.807) is 6.20 Å². The fourth-order valence-corrected chi connectivity index (χ4v) is 1.24. The van der Waals surface area contributed by atoms with E-state index in [9.17, 15) is 0 Å². The standard InChI is InChI=1S/C11H7N3/c12-6-2-1-4-9-8-14-11-10(9)5-3-7-13-11/h3,5,7-8H,2H2,(H,13,14). The molecule has 3 heteroatoms. The normalized spacial score (nSPS) is 9.07. The molecular weight excluding hydrogens is 174 g/mol. The predicted molar refractivity (Wildman–Crippen MR) is 53.2 cm³/mol. The van der Waals surface area contributed by atoms with Crippen LogP contribution in [0.3, 0.4) is 0 Å². The fraction of sp³-hybridized carbons (Fsp3) is 0.0909. The molecule has 0 amide bonds. The summed E-state index contributed by atoms with van der Waals surface area (Å²) >= 11 is 0. The molecule has 0 spiro atoms. The smallest absolute Gasteiger partial charge is 0.138 e. The lowest BCUT2D eigenvalue weighted by atomic mass is 10.2. The maximum absolute atomic E-state index is 8.34. The van der Waals surface area contributed by atoms with Crippen molar-refractivity contribution in [1.82, 2.24) is 9.97 Å². The van der Waals surface area contributed by atoms with Gasteiger partial charge in [-0.25, -0.2) is 4.98 Å². The average molecular weight is 181 g/mol. The van der Waals surface area contributed by atoms with Gasteiger partial charge < -0.3 is 4.98 Å². The highest BCUT2D eigenvalue weighted by Crippen LogP contribution is 2.13. The number of aromatic nitrogens is 2. The van der Waals surface area contributed by atoms with Crippen molar-refractivity contribution < 1.29 is 0 Å². The summed E-state index contributed by atoms with van der Waals surface area (Å²) in [7, 11) is 0. The minimum Gasteiger partial charge on any atom is -0.345 e. The van der Waals surface area contributed by atoms with Crippen LogP contribution >= 0.6 is 0 Å². The Morgan fingerprint density at radius 2 is 2.43 bits per heavy atom. The Kier molecular flexibility index (Phi) is 2.17. The topological polar surface area (TPSA) is 52.5 Å². The molecular formula is C11H7N3. The molecule has 0 radical (unpaired) electrons. The number of aromatic amines is 1. The Labute approximate surface area is 81.4 Å². The summed E-state index contributed by atoms with van der Waals surface area (Å²) in [5.41, 5.74) is 1.72. The summed E-state index contributed by atoms with van der Waals surface area (Å²) in [6.07, 6.45) is 3.79. The zero-order chi connectivity index (χ0) is 9.80. The average Bonchev–Trinajstić information content (AvgIpc) is 2.63. The van der Waals surface area contributed by atoms with E-state index < -0.39 is 0 Å². The second-order valence-electron chi connectivity index (χ2n) is 2.74. The number of H-pyrrole nitrogens is 1. The van der Waals surface area contributed by atoms with Crippen LogP contribution in [0.1, 0.15) is 12.0 Å². The monoisotopic (exact) mass is 181 g/mol. The van der Waals surface area contributed by atoms with Crippen molar-refractivity contribution in [3.8, 4) is 17.9 Å². The molecule has 66 valence electrons. The van der Waals surface area contributed by atoms with E-state index >= 15 is 0 Å². The van der Waals surface area contributed by atoms with Crippen LogP contribution in [0.25, 0.3) is 11.0 Å². The van der Waals surface area contributed by atoms with Crippen molar-refractivity contribution >= 4 is 11.0 Å². The second kappa shape index (κ2) is 3.64. The molecule has 0 bridgehead atoms. The fourth-order valence-electron chi connectivity index (χ4n) is 1.24. The first-order valence-corrected chi connectivity index (χ1v) is 4.20. The van der Waals surface area contributed by atoms with Gasteiger partial charge in [0.2, 0.25) is 0 Å². The number of rotatable bonds is 0. The van der Waals surface area contributed by atoms with Crippen LogP contribution in [0.2, 0.25) is 0 Å². The Morgan fingerprint density at radius 1 is 1.50 bits per heavy atom. The van der Waals surface area contributed by atoms with Crippen LogP contribution in [0.5, 0.6) is 0 Å². The summed E-state index contributed by atoms with van der Waals surface area (Å²) in [6.45, 7) is 0. The molecule has 0 atom stereocenters. The van der Waals surface area contributed by atoms with Gasteiger partial charge in [-0.15, -0.1) is 0 Å². The first kappa shape index (κ1) is 8.34. The van der Waals surface area contributed by atoms with Gasteiger partial charge in [0, 0.05) is 17.8 Å². The predicted octanol–water partition coefficient (Wildman–Crippen LogP) is 1.83. The number of nitriles is 1. The Bertz CT molecular complexity index is 549. The number of nitrogens with one attached hydrogen (secondary N) is 1. The van der Waals surface area contributed by atoms with Gasteiger partial charge >= 0.3 is 0 Å². The number of nitrogens with zero attached hydrogens (tertiary/aromatic N) is 2. The third-order valence-corrected chi connectivity index (χ3v) is 1.84. The van der Waals surface area contributed by atoms with E-state index in [0.29, 0.717) is 0 Å². The molecule has 1 N–H and O–H groups in total. The summed E-state index contributed by atoms with van der Waals surface area (Å²) in [5, 5.41) is 9.33. The van der Waals surface area contributed by atoms with Crippen LogP contribution in [0.15, 0.2) is 24.5 Å². The van der Waals surface area contributed by atoms with Gasteiger partial charge in [0.15, 0.2) is 0 Å². The quantitative estimate of drug-likeness (QED) is 0.630. The van der Waals surface area contributed by atoms with Gasteiger partial charge in [-0.3, -0.25) is 0 Å². The first-order valence-electron chi connectivity index (χ1n) is 4.20. The molecule has 0 aliphatic rings. The van der Waals surface area contributed by atoms with E-state index in [4.69, 9.17) is 5.26 Å². The molecule has 0 saturated heterocycles. The lowest BCUT2D eigenvalue weighted by molar-refractivity contribution is 1.32. The number of pyridine rings is 1. The zero-order valence-corrected chi connectivity index (χ0v) is 7.41. The van der Waals surface area contributed by atoms with Crippen molar-refractivity contribution in [2.45, 2.75) is 6.42 Å². The maximum Gasteiger partial charge on any atom is 0.138 e. The van der Waals surface area contributed by atoms with Gasteiger partial charge in [0.05, 0.1) is 18.1 Å². The van der Waals surface area contributed by atoms with Gasteiger partial charge in [-0.05, 0) is 12.1 Å². The van der Waals surface area contributed by atoms with E-state index in [1.807, 2.05) is 24.4 Å². The Balaban J connectivity index is 2.46. The third kappa shape index (κ3) is 1.44. The molecule has 0 aliphatic carbocycles. The van der Waals surface area contributed by atoms with E-state index in [0.717, 1.165) is 16.6 Å². The van der Waals surface area contributed by atoms with Gasteiger partial charge in [-0.1, -0.05) is 11.8 Å². The molecule has 0 unspecified atom stereocenters. The Morgan fingerprint density at radius 3 is 3.29 bits per heavy atom. The largest absolute Gasteiger partial charge is 0.345 e. The van der Waals surface area contributed by atoms with Crippen LogP contribution in [-0.4, -0.2) is 9.97 Å². The van der Waals surface area contributed by atoms with Crippen molar-refractivity contribution in [3.63, 3.8) is 0 Å². The molecule has 3 nitrogen and oxygen atoms in total. The summed E-state index contributed by atoms with van der Waals surface area (Å²) in [4.78, 5) is 7.16. The van der Waals surface area contributed by atoms with Crippen LogP contribution in [-0.2, 0) is 0 Å². The highest BCUT2D eigenvalue weighted by Gasteiger charge is 1.99. The number of hydrogen-bond donors (Lipinski definition) is 1. The van der Waals surface area contributed by atoms with Crippen molar-refractivity contribution in [2.75, 3.05) is 0 Å². The maximum atomic E-state index is 8.34. The Hall–Kier alpha value is -2.26. The molecule has 0 aliphatic heterocycles. The van der Waals surface area contributed by atoms with E-state index in [-0.39, 0.29) is 6.42 Å². The number of hydrogen-bond acceptors (Lipinski definition) is 2. The molecule has 0 aromatic carbocycles. The SMILES string of the molecule is N#CCC#Cc1c[nH]c2ncccc12. The molecule has 2 rings (SSSR count).